The summed E-state index contributed by atoms with van der Waals surface area (Å²) in [4.78, 5) is 29.1. The summed E-state index contributed by atoms with van der Waals surface area (Å²) in [5, 5.41) is 23.9. The molecule has 2 aromatic carbocycles. The Morgan fingerprint density at radius 3 is 2.60 bits per heavy atom. The van der Waals surface area contributed by atoms with E-state index in [9.17, 15) is 19.8 Å². The van der Waals surface area contributed by atoms with Gasteiger partial charge < -0.3 is 29.7 Å². The third-order valence-corrected chi connectivity index (χ3v) is 11.3. The van der Waals surface area contributed by atoms with Gasteiger partial charge in [-0.2, -0.15) is 0 Å². The number of carbonyl (C=O) groups is 2. The Balaban J connectivity index is 1.15. The highest BCUT2D eigenvalue weighted by Gasteiger charge is 2.55. The molecule has 1 aromatic heterocycles. The summed E-state index contributed by atoms with van der Waals surface area (Å²) in [5.41, 5.74) is 3.86. The van der Waals surface area contributed by atoms with Gasteiger partial charge >= 0.3 is 18.2 Å². The highest BCUT2D eigenvalue weighted by molar-refractivity contribution is 6.30. The molecule has 2 unspecified atom stereocenters. The second-order valence-electron chi connectivity index (χ2n) is 14.1. The number of aromatic nitrogens is 1. The van der Waals surface area contributed by atoms with Crippen molar-refractivity contribution in [3.8, 4) is 17.2 Å². The van der Waals surface area contributed by atoms with Crippen LogP contribution in [0.15, 0.2) is 48.7 Å². The maximum absolute atomic E-state index is 12.9. The van der Waals surface area contributed by atoms with Crippen LogP contribution in [-0.2, 0) is 27.8 Å². The highest BCUT2D eigenvalue weighted by Crippen LogP contribution is 2.58. The van der Waals surface area contributed by atoms with Crippen molar-refractivity contribution in [1.29, 1.82) is 0 Å². The minimum Gasteiger partial charge on any atom is -0.493 e. The Morgan fingerprint density at radius 2 is 1.87 bits per heavy atom. The van der Waals surface area contributed by atoms with E-state index in [1.807, 2.05) is 36.5 Å². The first-order valence-corrected chi connectivity index (χ1v) is 17.1. The number of aliphatic carboxylic acids is 2. The number of fused-ring (bicyclic) bond motifs is 4. The molecule has 1 aliphatic heterocycles. The smallest absolute Gasteiger partial charge is 0.387 e. The van der Waals surface area contributed by atoms with E-state index in [1.54, 1.807) is 12.1 Å². The van der Waals surface area contributed by atoms with E-state index in [0.29, 0.717) is 60.4 Å². The number of hydrogen-bond donors (Lipinski definition) is 3. The van der Waals surface area contributed by atoms with Gasteiger partial charge in [-0.3, -0.25) is 4.98 Å². The lowest BCUT2D eigenvalue weighted by molar-refractivity contribution is -0.154. The van der Waals surface area contributed by atoms with E-state index in [-0.39, 0.29) is 17.3 Å². The van der Waals surface area contributed by atoms with Crippen molar-refractivity contribution in [2.75, 3.05) is 11.9 Å². The second kappa shape index (κ2) is 12.2. The summed E-state index contributed by atoms with van der Waals surface area (Å²) in [6, 6.07) is 13.1. The molecule has 1 fully saturated rings. The molecule has 0 bridgehead atoms. The van der Waals surface area contributed by atoms with Gasteiger partial charge in [-0.1, -0.05) is 31.5 Å². The van der Waals surface area contributed by atoms with Gasteiger partial charge in [-0.05, 0) is 128 Å². The van der Waals surface area contributed by atoms with Crippen molar-refractivity contribution in [2.45, 2.75) is 94.8 Å². The normalized spacial score (nSPS) is 27.9. The summed E-state index contributed by atoms with van der Waals surface area (Å²) in [6.07, 6.45) is 7.58. The zero-order valence-corrected chi connectivity index (χ0v) is 27.5. The average Bonchev–Trinajstić information content (AvgIpc) is 3.59. The lowest BCUT2D eigenvalue weighted by Gasteiger charge is -2.47. The van der Waals surface area contributed by atoms with Gasteiger partial charge in [-0.25, -0.2) is 9.59 Å². The number of hydrogen-bond acceptors (Lipinski definition) is 7. The van der Waals surface area contributed by atoms with Gasteiger partial charge in [-0.15, -0.1) is 0 Å². The number of benzene rings is 2. The van der Waals surface area contributed by atoms with Gasteiger partial charge in [0.15, 0.2) is 11.5 Å². The van der Waals surface area contributed by atoms with Crippen molar-refractivity contribution < 1.29 is 34.0 Å². The van der Waals surface area contributed by atoms with Crippen LogP contribution in [0.25, 0.3) is 0 Å². The van der Waals surface area contributed by atoms with Crippen molar-refractivity contribution in [3.05, 3.63) is 76.1 Å². The van der Waals surface area contributed by atoms with Crippen molar-refractivity contribution in [2.24, 2.45) is 11.8 Å². The molecule has 3 aromatic rings. The van der Waals surface area contributed by atoms with Crippen LogP contribution in [0.1, 0.15) is 87.1 Å². The van der Waals surface area contributed by atoms with E-state index in [1.165, 1.54) is 5.56 Å². The Labute approximate surface area is 279 Å². The number of aryl methyl sites for hydroxylation is 1. The fourth-order valence-corrected chi connectivity index (χ4v) is 8.84. The first-order valence-electron chi connectivity index (χ1n) is 16.7. The Hall–Kier alpha value is -3.98. The van der Waals surface area contributed by atoms with Gasteiger partial charge in [0.2, 0.25) is 0 Å². The molecular formula is C37H41ClN2O7. The number of carboxylic acid groups (broad SMARTS) is 2. The fraction of sp³-hybridized carbons (Fsp3) is 0.486. The number of nitrogens with zero attached hydrogens (tertiary/aromatic N) is 1. The zero-order chi connectivity index (χ0) is 32.9. The fourth-order valence-electron chi connectivity index (χ4n) is 8.65. The standard InChI is InChI=1S/C37H41ClN2O7/c1-21(20-45-29-9-14-39-28-8-3-5-22(2)32(28)29)15-24-16-23-17-30-31(47-34(46-30)33(41)42)19-27(23)36(24)10-12-37(13-11-36,35(43)44)40-26-7-4-6-25(38)18-26/h4,6-7,9,14,17-19,21-22,24,34,40H,3,5,8,10-13,15-16,20H2,1-2H3,(H,41,42)(H,43,44)/t21-,22-,24?,34?,36?,37?/m1/s1. The topological polar surface area (TPSA) is 127 Å². The van der Waals surface area contributed by atoms with Gasteiger partial charge in [0.25, 0.3) is 0 Å². The molecule has 3 N–H and O–H groups in total. The molecule has 47 heavy (non-hydrogen) atoms. The van der Waals surface area contributed by atoms with Crippen LogP contribution in [0.4, 0.5) is 5.69 Å². The average molecular weight is 661 g/mol. The molecule has 9 nitrogen and oxygen atoms in total. The molecule has 0 radical (unpaired) electrons. The van der Waals surface area contributed by atoms with Crippen LogP contribution in [0, 0.1) is 11.8 Å². The predicted octanol–water partition coefficient (Wildman–Crippen LogP) is 7.38. The van der Waals surface area contributed by atoms with E-state index in [0.717, 1.165) is 54.7 Å². The maximum atomic E-state index is 12.9. The van der Waals surface area contributed by atoms with Crippen LogP contribution in [0.5, 0.6) is 17.2 Å². The number of nitrogens with one attached hydrogen (secondary N) is 1. The maximum Gasteiger partial charge on any atom is 0.387 e. The van der Waals surface area contributed by atoms with Crippen LogP contribution >= 0.6 is 11.6 Å². The number of carboxylic acids is 2. The van der Waals surface area contributed by atoms with E-state index < -0.39 is 23.8 Å². The summed E-state index contributed by atoms with van der Waals surface area (Å²) >= 11 is 6.23. The minimum absolute atomic E-state index is 0.233. The van der Waals surface area contributed by atoms with Crippen LogP contribution in [-0.4, -0.2) is 45.6 Å². The summed E-state index contributed by atoms with van der Waals surface area (Å²) in [6.45, 7) is 5.05. The minimum atomic E-state index is -1.37. The molecule has 2 heterocycles. The Bertz CT molecular complexity index is 1700. The SMILES string of the molecule is C[C@@H](COc1ccnc2c1[C@H](C)CCC2)CC1Cc2cc3c(cc2C12CCC(Nc1cccc(Cl)c1)(C(=O)O)CC2)OC(C(=O)O)O3. The van der Waals surface area contributed by atoms with E-state index in [2.05, 4.69) is 24.1 Å². The zero-order valence-electron chi connectivity index (χ0n) is 26.8. The largest absolute Gasteiger partial charge is 0.493 e. The molecule has 4 aliphatic rings. The van der Waals surface area contributed by atoms with E-state index in [4.69, 9.17) is 25.8 Å². The summed E-state index contributed by atoms with van der Waals surface area (Å²) in [7, 11) is 0. The molecule has 1 spiro atoms. The molecule has 0 saturated heterocycles. The number of rotatable bonds is 9. The molecule has 248 valence electrons. The lowest BCUT2D eigenvalue weighted by atomic mass is 9.59. The number of pyridine rings is 1. The van der Waals surface area contributed by atoms with Crippen LogP contribution < -0.4 is 19.5 Å². The van der Waals surface area contributed by atoms with Crippen molar-refractivity contribution in [3.63, 3.8) is 0 Å². The Morgan fingerprint density at radius 1 is 1.11 bits per heavy atom. The second-order valence-corrected chi connectivity index (χ2v) is 14.5. The number of ether oxygens (including phenoxy) is 3. The monoisotopic (exact) mass is 660 g/mol. The quantitative estimate of drug-likeness (QED) is 0.215. The van der Waals surface area contributed by atoms with Gasteiger partial charge in [0.1, 0.15) is 11.3 Å². The Kier molecular flexibility index (Phi) is 8.23. The lowest BCUT2D eigenvalue weighted by Crippen LogP contribution is -2.53. The molecule has 1 saturated carbocycles. The van der Waals surface area contributed by atoms with Crippen LogP contribution in [0.2, 0.25) is 5.02 Å². The first kappa shape index (κ1) is 31.6. The van der Waals surface area contributed by atoms with Gasteiger partial charge in [0.05, 0.1) is 6.61 Å². The third-order valence-electron chi connectivity index (χ3n) is 11.0. The van der Waals surface area contributed by atoms with Gasteiger partial charge in [0, 0.05) is 28.2 Å². The summed E-state index contributed by atoms with van der Waals surface area (Å²) < 4.78 is 17.8. The van der Waals surface area contributed by atoms with Crippen molar-refractivity contribution in [1.82, 2.24) is 4.98 Å². The van der Waals surface area contributed by atoms with E-state index >= 15 is 0 Å². The highest BCUT2D eigenvalue weighted by atomic mass is 35.5. The molecule has 3 aliphatic carbocycles. The van der Waals surface area contributed by atoms with Crippen molar-refractivity contribution >= 4 is 29.2 Å². The first-order chi connectivity index (χ1) is 22.6. The third kappa shape index (κ3) is 5.77. The molecule has 7 rings (SSSR count). The van der Waals surface area contributed by atoms with Crippen LogP contribution in [0.3, 0.4) is 0 Å². The predicted molar refractivity (Wildman–Crippen MR) is 177 cm³/mol. The number of anilines is 1. The molecule has 4 atom stereocenters. The number of halogens is 1. The molecular weight excluding hydrogens is 620 g/mol. The molecule has 0 amide bonds. The molecule has 10 heteroatoms. The summed E-state index contributed by atoms with van der Waals surface area (Å²) in [5.74, 6) is 0.646.